The van der Waals surface area contributed by atoms with Crippen LogP contribution in [0.25, 0.3) is 0 Å². The van der Waals surface area contributed by atoms with Gasteiger partial charge in [-0.3, -0.25) is 9.78 Å². The van der Waals surface area contributed by atoms with Gasteiger partial charge in [-0.25, -0.2) is 4.79 Å². The van der Waals surface area contributed by atoms with E-state index in [1.807, 2.05) is 17.0 Å². The van der Waals surface area contributed by atoms with Gasteiger partial charge in [0.25, 0.3) is 0 Å². The van der Waals surface area contributed by atoms with Crippen LogP contribution in [0, 0.1) is 0 Å². The van der Waals surface area contributed by atoms with E-state index >= 15 is 0 Å². The lowest BCUT2D eigenvalue weighted by atomic mass is 10.0. The fourth-order valence-electron chi connectivity index (χ4n) is 3.23. The Morgan fingerprint density at radius 3 is 2.59 bits per heavy atom. The Morgan fingerprint density at radius 1 is 1.34 bits per heavy atom. The summed E-state index contributed by atoms with van der Waals surface area (Å²) in [6.45, 7) is 1.93. The van der Waals surface area contributed by atoms with Crippen molar-refractivity contribution < 1.29 is 42.1 Å². The van der Waals surface area contributed by atoms with Crippen molar-refractivity contribution in [1.82, 2.24) is 9.88 Å². The fourth-order valence-corrected chi connectivity index (χ4v) is 3.23. The highest BCUT2D eigenvalue weighted by molar-refractivity contribution is 5.78. The van der Waals surface area contributed by atoms with Crippen molar-refractivity contribution in [1.29, 1.82) is 0 Å². The molecule has 0 radical (unpaired) electrons. The minimum Gasteiger partial charge on any atom is -0.475 e. The van der Waals surface area contributed by atoms with Crippen LogP contribution in [0.4, 0.5) is 13.2 Å². The van der Waals surface area contributed by atoms with E-state index in [2.05, 4.69) is 4.98 Å². The normalized spacial score (nSPS) is 23.7. The zero-order chi connectivity index (χ0) is 21.4. The van der Waals surface area contributed by atoms with Crippen molar-refractivity contribution >= 4 is 11.9 Å². The number of hydrogen-bond donors (Lipinski definition) is 1. The summed E-state index contributed by atoms with van der Waals surface area (Å²) in [7, 11) is 1.54. The van der Waals surface area contributed by atoms with Gasteiger partial charge in [0.15, 0.2) is 0 Å². The van der Waals surface area contributed by atoms with Crippen molar-refractivity contribution in [2.24, 2.45) is 0 Å². The van der Waals surface area contributed by atoms with E-state index < -0.39 is 12.1 Å². The second-order valence-electron chi connectivity index (χ2n) is 6.53. The molecule has 11 heteroatoms. The summed E-state index contributed by atoms with van der Waals surface area (Å²) in [5, 5.41) is 7.12. The molecule has 3 rings (SSSR count). The maximum absolute atomic E-state index is 12.2. The van der Waals surface area contributed by atoms with Crippen LogP contribution in [-0.4, -0.2) is 78.2 Å². The van der Waals surface area contributed by atoms with Crippen LogP contribution in [0.15, 0.2) is 24.5 Å². The number of aromatic nitrogens is 1. The highest BCUT2D eigenvalue weighted by Crippen LogP contribution is 2.31. The number of halogens is 3. The van der Waals surface area contributed by atoms with Crippen molar-refractivity contribution in [3.63, 3.8) is 0 Å². The molecule has 1 aromatic heterocycles. The lowest BCUT2D eigenvalue weighted by molar-refractivity contribution is -0.192. The zero-order valence-corrected chi connectivity index (χ0v) is 15.8. The van der Waals surface area contributed by atoms with Crippen molar-refractivity contribution in [2.75, 3.05) is 26.9 Å². The second kappa shape index (κ2) is 10.5. The second-order valence-corrected chi connectivity index (χ2v) is 6.53. The zero-order valence-electron chi connectivity index (χ0n) is 15.8. The number of carboxylic acid groups (broad SMARTS) is 1. The Bertz CT molecular complexity index is 673. The molecule has 0 unspecified atom stereocenters. The quantitative estimate of drug-likeness (QED) is 0.773. The first-order valence-corrected chi connectivity index (χ1v) is 8.94. The van der Waals surface area contributed by atoms with Crippen molar-refractivity contribution in [3.8, 4) is 0 Å². The third kappa shape index (κ3) is 6.65. The minimum atomic E-state index is -5.08. The first-order valence-electron chi connectivity index (χ1n) is 8.94. The predicted octanol–water partition coefficient (Wildman–Crippen LogP) is 1.64. The van der Waals surface area contributed by atoms with Crippen LogP contribution in [0.5, 0.6) is 0 Å². The van der Waals surface area contributed by atoms with E-state index in [0.29, 0.717) is 13.2 Å². The summed E-state index contributed by atoms with van der Waals surface area (Å²) in [4.78, 5) is 27.0. The molecule has 3 heterocycles. The van der Waals surface area contributed by atoms with Gasteiger partial charge in [0, 0.05) is 32.7 Å². The molecule has 2 saturated heterocycles. The summed E-state index contributed by atoms with van der Waals surface area (Å²) in [5.74, 6) is -2.74. The third-order valence-corrected chi connectivity index (χ3v) is 4.52. The number of rotatable bonds is 5. The van der Waals surface area contributed by atoms with E-state index in [-0.39, 0.29) is 30.8 Å². The van der Waals surface area contributed by atoms with Gasteiger partial charge < -0.3 is 24.2 Å². The first-order chi connectivity index (χ1) is 13.7. The molecule has 0 spiro atoms. The lowest BCUT2D eigenvalue weighted by Crippen LogP contribution is -2.44. The van der Waals surface area contributed by atoms with Crippen LogP contribution >= 0.6 is 0 Å². The van der Waals surface area contributed by atoms with Gasteiger partial charge in [-0.2, -0.15) is 13.2 Å². The van der Waals surface area contributed by atoms with Gasteiger partial charge in [-0.15, -0.1) is 0 Å². The first kappa shape index (κ1) is 23.0. The van der Waals surface area contributed by atoms with Crippen molar-refractivity contribution in [3.05, 3.63) is 30.1 Å². The van der Waals surface area contributed by atoms with Gasteiger partial charge >= 0.3 is 12.1 Å². The molecular weight excluding hydrogens is 397 g/mol. The van der Waals surface area contributed by atoms with Crippen LogP contribution in [0.3, 0.4) is 0 Å². The molecular formula is C18H23F3N2O6. The molecule has 2 fully saturated rings. The largest absolute Gasteiger partial charge is 0.490 e. The molecule has 1 aromatic rings. The van der Waals surface area contributed by atoms with E-state index in [4.69, 9.17) is 24.1 Å². The third-order valence-electron chi connectivity index (χ3n) is 4.52. The van der Waals surface area contributed by atoms with Crippen LogP contribution < -0.4 is 0 Å². The molecule has 0 aromatic carbocycles. The number of hydrogen-bond acceptors (Lipinski definition) is 6. The summed E-state index contributed by atoms with van der Waals surface area (Å²) >= 11 is 0. The number of ether oxygens (including phenoxy) is 3. The van der Waals surface area contributed by atoms with Gasteiger partial charge in [0.05, 0.1) is 12.6 Å². The van der Waals surface area contributed by atoms with Crippen LogP contribution in [0.1, 0.15) is 18.4 Å². The Kier molecular flexibility index (Phi) is 8.35. The fraction of sp³-hybridized carbons (Fsp3) is 0.611. The molecule has 8 nitrogen and oxygen atoms in total. The Hall–Kier alpha value is -2.24. The van der Waals surface area contributed by atoms with E-state index in [9.17, 15) is 18.0 Å². The average molecular weight is 420 g/mol. The molecule has 1 N–H and O–H groups in total. The standard InChI is InChI=1S/C16H22N2O4.C2HF3O2/c1-20-11-15(19)18-9-14(16-13(18)3-2-8-21-16)22-10-12-4-6-17-7-5-12;3-2(4,5)1(6)7/h4-7,13-14,16H,2-3,8-11H2,1H3;(H,6,7)/t13-,14+,16+;/m0./s1. The Morgan fingerprint density at radius 2 is 2.00 bits per heavy atom. The predicted molar refractivity (Wildman–Crippen MR) is 92.9 cm³/mol. The topological polar surface area (TPSA) is 98.2 Å². The van der Waals surface area contributed by atoms with E-state index in [1.165, 1.54) is 0 Å². The molecule has 3 atom stereocenters. The summed E-state index contributed by atoms with van der Waals surface area (Å²) in [6.07, 6.45) is 0.254. The number of pyridine rings is 1. The molecule has 29 heavy (non-hydrogen) atoms. The number of methoxy groups -OCH3 is 1. The van der Waals surface area contributed by atoms with Crippen LogP contribution in [-0.2, 0) is 30.4 Å². The average Bonchev–Trinajstić information content (AvgIpc) is 3.06. The summed E-state index contributed by atoms with van der Waals surface area (Å²) < 4.78 is 48.6. The maximum atomic E-state index is 12.2. The minimum absolute atomic E-state index is 0.0120. The van der Waals surface area contributed by atoms with Crippen molar-refractivity contribution in [2.45, 2.75) is 43.9 Å². The number of carbonyl (C=O) groups excluding carboxylic acids is 1. The molecule has 162 valence electrons. The number of likely N-dealkylation sites (tertiary alicyclic amines) is 1. The molecule has 0 saturated carbocycles. The highest BCUT2D eigenvalue weighted by atomic mass is 19.4. The van der Waals surface area contributed by atoms with E-state index in [1.54, 1.807) is 19.5 Å². The summed E-state index contributed by atoms with van der Waals surface area (Å²) in [5.41, 5.74) is 1.07. The molecule has 0 bridgehead atoms. The van der Waals surface area contributed by atoms with Gasteiger partial charge in [-0.1, -0.05) is 0 Å². The van der Waals surface area contributed by atoms with E-state index in [0.717, 1.165) is 25.0 Å². The number of aliphatic carboxylic acids is 1. The SMILES string of the molecule is COCC(=O)N1C[C@@H](OCc2ccncc2)[C@@H]2OCCC[C@@H]21.O=C(O)C(F)(F)F. The number of carbonyl (C=O) groups is 2. The van der Waals surface area contributed by atoms with Gasteiger partial charge in [0.1, 0.15) is 18.8 Å². The van der Waals surface area contributed by atoms with Crippen LogP contribution in [0.2, 0.25) is 0 Å². The van der Waals surface area contributed by atoms with Gasteiger partial charge in [0.2, 0.25) is 5.91 Å². The number of fused-ring (bicyclic) bond motifs is 1. The smallest absolute Gasteiger partial charge is 0.475 e. The maximum Gasteiger partial charge on any atom is 0.490 e. The lowest BCUT2D eigenvalue weighted by Gasteiger charge is -2.32. The molecule has 2 aliphatic heterocycles. The number of amides is 1. The number of alkyl halides is 3. The molecule has 0 aliphatic carbocycles. The Labute approximate surface area is 165 Å². The Balaban J connectivity index is 0.000000370. The number of carboxylic acids is 1. The number of nitrogens with zero attached hydrogens (tertiary/aromatic N) is 2. The van der Waals surface area contributed by atoms with Gasteiger partial charge in [-0.05, 0) is 30.5 Å². The summed E-state index contributed by atoms with van der Waals surface area (Å²) in [6, 6.07) is 3.98. The molecule has 2 aliphatic rings. The highest BCUT2D eigenvalue weighted by Gasteiger charge is 2.46. The monoisotopic (exact) mass is 420 g/mol. The molecule has 1 amide bonds.